The molecule has 0 unspecified atom stereocenters. The summed E-state index contributed by atoms with van der Waals surface area (Å²) in [7, 11) is 0. The summed E-state index contributed by atoms with van der Waals surface area (Å²) in [5.41, 5.74) is 3.76. The quantitative estimate of drug-likeness (QED) is 0.574. The highest BCUT2D eigenvalue weighted by atomic mass is 16.2. The Morgan fingerprint density at radius 1 is 1.50 bits per heavy atom. The van der Waals surface area contributed by atoms with Crippen molar-refractivity contribution in [1.82, 2.24) is 10.4 Å². The van der Waals surface area contributed by atoms with Gasteiger partial charge < -0.3 is 5.11 Å². The summed E-state index contributed by atoms with van der Waals surface area (Å²) < 4.78 is 0. The fraction of sp³-hybridized carbons (Fsp3) is 0.364. The minimum absolute atomic E-state index is 0.130. The van der Waals surface area contributed by atoms with Gasteiger partial charge in [-0.15, -0.1) is 0 Å². The molecule has 16 heavy (non-hydrogen) atoms. The van der Waals surface area contributed by atoms with E-state index in [0.29, 0.717) is 18.4 Å². The van der Waals surface area contributed by atoms with E-state index in [1.807, 2.05) is 6.92 Å². The van der Waals surface area contributed by atoms with Crippen LogP contribution in [0.1, 0.15) is 30.1 Å². The number of nitrogens with one attached hydrogen (secondary N) is 1. The van der Waals surface area contributed by atoms with Crippen molar-refractivity contribution in [2.75, 3.05) is 6.61 Å². The minimum atomic E-state index is -0.259. The van der Waals surface area contributed by atoms with Gasteiger partial charge in [0.2, 0.25) is 0 Å². The summed E-state index contributed by atoms with van der Waals surface area (Å²) in [6.45, 7) is 1.94. The smallest absolute Gasteiger partial charge is 0.271 e. The topological polar surface area (TPSA) is 74.6 Å². The average molecular weight is 221 g/mol. The molecule has 86 valence electrons. The van der Waals surface area contributed by atoms with Crippen molar-refractivity contribution in [1.29, 1.82) is 0 Å². The second kappa shape index (κ2) is 6.68. The van der Waals surface area contributed by atoms with E-state index in [1.54, 1.807) is 24.5 Å². The zero-order chi connectivity index (χ0) is 11.8. The van der Waals surface area contributed by atoms with Crippen molar-refractivity contribution in [2.45, 2.75) is 19.8 Å². The highest BCUT2D eigenvalue weighted by molar-refractivity contribution is 5.95. The van der Waals surface area contributed by atoms with E-state index < -0.39 is 0 Å². The molecule has 0 radical (unpaired) electrons. The molecule has 0 atom stereocenters. The van der Waals surface area contributed by atoms with Crippen LogP contribution in [0.25, 0.3) is 0 Å². The number of rotatable bonds is 5. The van der Waals surface area contributed by atoms with Crippen molar-refractivity contribution in [2.24, 2.45) is 5.10 Å². The van der Waals surface area contributed by atoms with Crippen LogP contribution in [0, 0.1) is 0 Å². The second-order valence-electron chi connectivity index (χ2n) is 3.35. The second-order valence-corrected chi connectivity index (χ2v) is 3.35. The number of carbonyl (C=O) groups excluding carboxylic acids is 1. The van der Waals surface area contributed by atoms with Gasteiger partial charge in [-0.05, 0) is 31.9 Å². The van der Waals surface area contributed by atoms with Crippen LogP contribution >= 0.6 is 0 Å². The third-order valence-electron chi connectivity index (χ3n) is 1.99. The fourth-order valence-corrected chi connectivity index (χ4v) is 1.10. The van der Waals surface area contributed by atoms with Crippen LogP contribution in [0.15, 0.2) is 29.6 Å². The molecule has 5 nitrogen and oxygen atoms in total. The van der Waals surface area contributed by atoms with Crippen LogP contribution in [0.5, 0.6) is 0 Å². The normalized spacial score (nSPS) is 11.2. The summed E-state index contributed by atoms with van der Waals surface area (Å²) in [6, 6.07) is 3.24. The molecule has 1 heterocycles. The van der Waals surface area contributed by atoms with Crippen molar-refractivity contribution < 1.29 is 9.90 Å². The monoisotopic (exact) mass is 221 g/mol. The van der Waals surface area contributed by atoms with E-state index in [9.17, 15) is 4.79 Å². The molecule has 0 aliphatic rings. The molecule has 1 amide bonds. The van der Waals surface area contributed by atoms with Crippen molar-refractivity contribution >= 4 is 11.6 Å². The third kappa shape index (κ3) is 4.18. The molecule has 5 heteroatoms. The summed E-state index contributed by atoms with van der Waals surface area (Å²) in [6.07, 6.45) is 4.43. The van der Waals surface area contributed by atoms with E-state index in [0.717, 1.165) is 5.71 Å². The summed E-state index contributed by atoms with van der Waals surface area (Å²) in [5, 5.41) is 12.5. The molecule has 1 rings (SSSR count). The lowest BCUT2D eigenvalue weighted by molar-refractivity contribution is 0.0954. The highest BCUT2D eigenvalue weighted by Gasteiger charge is 2.02. The lowest BCUT2D eigenvalue weighted by atomic mass is 10.2. The average Bonchev–Trinajstić information content (AvgIpc) is 2.34. The van der Waals surface area contributed by atoms with Crippen LogP contribution in [0.2, 0.25) is 0 Å². The Morgan fingerprint density at radius 3 is 2.81 bits per heavy atom. The number of aromatic nitrogens is 1. The van der Waals surface area contributed by atoms with E-state index in [2.05, 4.69) is 15.5 Å². The Morgan fingerprint density at radius 2 is 2.19 bits per heavy atom. The highest BCUT2D eigenvalue weighted by Crippen LogP contribution is 1.96. The van der Waals surface area contributed by atoms with Gasteiger partial charge in [0.05, 0.1) is 0 Å². The number of carbonyl (C=O) groups is 1. The SMILES string of the molecule is C/C(CCCO)=N\NC(=O)c1ccncc1. The number of amides is 1. The molecular formula is C11H15N3O2. The van der Waals surface area contributed by atoms with Gasteiger partial charge in [-0.2, -0.15) is 5.10 Å². The lowest BCUT2D eigenvalue weighted by Gasteiger charge is -2.01. The van der Waals surface area contributed by atoms with Crippen LogP contribution < -0.4 is 5.43 Å². The Kier molecular flexibility index (Phi) is 5.15. The third-order valence-corrected chi connectivity index (χ3v) is 1.99. The largest absolute Gasteiger partial charge is 0.396 e. The number of aliphatic hydroxyl groups is 1. The van der Waals surface area contributed by atoms with E-state index in [1.165, 1.54) is 0 Å². The minimum Gasteiger partial charge on any atom is -0.396 e. The molecule has 2 N–H and O–H groups in total. The summed E-state index contributed by atoms with van der Waals surface area (Å²) in [5.74, 6) is -0.259. The number of nitrogens with zero attached hydrogens (tertiary/aromatic N) is 2. The summed E-state index contributed by atoms with van der Waals surface area (Å²) in [4.78, 5) is 15.3. The first-order chi connectivity index (χ1) is 7.74. The fourth-order valence-electron chi connectivity index (χ4n) is 1.10. The van der Waals surface area contributed by atoms with E-state index in [4.69, 9.17) is 5.11 Å². The first kappa shape index (κ1) is 12.3. The molecule has 0 bridgehead atoms. The van der Waals surface area contributed by atoms with Gasteiger partial charge in [-0.1, -0.05) is 0 Å². The van der Waals surface area contributed by atoms with Gasteiger partial charge in [0.1, 0.15) is 0 Å². The van der Waals surface area contributed by atoms with Crippen molar-refractivity contribution in [3.8, 4) is 0 Å². The number of hydrogen-bond acceptors (Lipinski definition) is 4. The molecule has 0 aliphatic carbocycles. The molecule has 0 saturated heterocycles. The standard InChI is InChI=1S/C11H15N3O2/c1-9(3-2-8-15)13-14-11(16)10-4-6-12-7-5-10/h4-7,15H,2-3,8H2,1H3,(H,14,16)/b13-9+. The molecule has 0 fully saturated rings. The molecule has 1 aromatic rings. The van der Waals surface area contributed by atoms with Gasteiger partial charge in [0.15, 0.2) is 0 Å². The Balaban J connectivity index is 2.46. The number of hydrogen-bond donors (Lipinski definition) is 2. The maximum absolute atomic E-state index is 11.5. The predicted octanol–water partition coefficient (Wildman–Crippen LogP) is 0.960. The number of hydrazone groups is 1. The lowest BCUT2D eigenvalue weighted by Crippen LogP contribution is -2.19. The molecule has 0 aliphatic heterocycles. The number of pyridine rings is 1. The molecule has 0 aromatic carbocycles. The Bertz CT molecular complexity index is 363. The van der Waals surface area contributed by atoms with Gasteiger partial charge >= 0.3 is 0 Å². The van der Waals surface area contributed by atoms with Crippen LogP contribution in [-0.4, -0.2) is 28.3 Å². The van der Waals surface area contributed by atoms with Gasteiger partial charge in [-0.3, -0.25) is 9.78 Å². The maximum Gasteiger partial charge on any atom is 0.271 e. The summed E-state index contributed by atoms with van der Waals surface area (Å²) >= 11 is 0. The van der Waals surface area contributed by atoms with Gasteiger partial charge in [-0.25, -0.2) is 5.43 Å². The molecule has 1 aromatic heterocycles. The first-order valence-electron chi connectivity index (χ1n) is 5.08. The Hall–Kier alpha value is -1.75. The van der Waals surface area contributed by atoms with Crippen molar-refractivity contribution in [3.05, 3.63) is 30.1 Å². The molecule has 0 saturated carbocycles. The van der Waals surface area contributed by atoms with Crippen LogP contribution in [0.4, 0.5) is 0 Å². The number of aliphatic hydroxyl groups excluding tert-OH is 1. The Labute approximate surface area is 94.2 Å². The van der Waals surface area contributed by atoms with Gasteiger partial charge in [0.25, 0.3) is 5.91 Å². The predicted molar refractivity (Wildman–Crippen MR) is 61.1 cm³/mol. The van der Waals surface area contributed by atoms with E-state index >= 15 is 0 Å². The van der Waals surface area contributed by atoms with Crippen LogP contribution in [-0.2, 0) is 0 Å². The van der Waals surface area contributed by atoms with Gasteiger partial charge in [0, 0.05) is 30.3 Å². The molecular weight excluding hydrogens is 206 g/mol. The van der Waals surface area contributed by atoms with Crippen molar-refractivity contribution in [3.63, 3.8) is 0 Å². The zero-order valence-electron chi connectivity index (χ0n) is 9.18. The first-order valence-corrected chi connectivity index (χ1v) is 5.08. The molecule has 0 spiro atoms. The maximum atomic E-state index is 11.5. The zero-order valence-corrected chi connectivity index (χ0v) is 9.18. The van der Waals surface area contributed by atoms with E-state index in [-0.39, 0.29) is 12.5 Å². The van der Waals surface area contributed by atoms with Crippen LogP contribution in [0.3, 0.4) is 0 Å².